The van der Waals surface area contributed by atoms with Crippen molar-refractivity contribution in [1.82, 2.24) is 5.32 Å². The monoisotopic (exact) mass is 325 g/mol. The van der Waals surface area contributed by atoms with Crippen molar-refractivity contribution in [3.8, 4) is 5.75 Å². The molecule has 0 saturated carbocycles. The number of hydrogen-bond acceptors (Lipinski definition) is 2. The first-order chi connectivity index (χ1) is 11.6. The minimum atomic E-state index is 0.0804. The zero-order valence-electron chi connectivity index (χ0n) is 14.8. The maximum absolute atomic E-state index is 12.0. The summed E-state index contributed by atoms with van der Waals surface area (Å²) < 4.78 is 5.41. The first-order valence-corrected chi connectivity index (χ1v) is 8.65. The third-order valence-electron chi connectivity index (χ3n) is 4.01. The SMILES string of the molecule is CCOc1ccc(CNC(=O)CCc2ccc(C(C)C)cc2)cc1. The van der Waals surface area contributed by atoms with Gasteiger partial charge in [-0.1, -0.05) is 50.2 Å². The van der Waals surface area contributed by atoms with Gasteiger partial charge >= 0.3 is 0 Å². The Bertz CT molecular complexity index is 630. The first kappa shape index (κ1) is 18.1. The molecule has 0 radical (unpaired) electrons. The summed E-state index contributed by atoms with van der Waals surface area (Å²) in [5.41, 5.74) is 3.61. The van der Waals surface area contributed by atoms with Gasteiger partial charge in [0.25, 0.3) is 0 Å². The lowest BCUT2D eigenvalue weighted by Crippen LogP contribution is -2.22. The van der Waals surface area contributed by atoms with Crippen LogP contribution in [0.2, 0.25) is 0 Å². The quantitative estimate of drug-likeness (QED) is 0.778. The molecule has 24 heavy (non-hydrogen) atoms. The smallest absolute Gasteiger partial charge is 0.220 e. The molecule has 0 saturated heterocycles. The second-order valence-corrected chi connectivity index (χ2v) is 6.25. The molecule has 128 valence electrons. The number of rotatable bonds is 8. The van der Waals surface area contributed by atoms with Crippen LogP contribution in [0.25, 0.3) is 0 Å². The van der Waals surface area contributed by atoms with Gasteiger partial charge in [-0.3, -0.25) is 4.79 Å². The largest absolute Gasteiger partial charge is 0.494 e. The summed E-state index contributed by atoms with van der Waals surface area (Å²) in [5, 5.41) is 2.97. The number of amides is 1. The Hall–Kier alpha value is -2.29. The van der Waals surface area contributed by atoms with E-state index in [2.05, 4.69) is 43.4 Å². The average Bonchev–Trinajstić information content (AvgIpc) is 2.60. The molecule has 3 nitrogen and oxygen atoms in total. The zero-order chi connectivity index (χ0) is 17.4. The molecular weight excluding hydrogens is 298 g/mol. The second-order valence-electron chi connectivity index (χ2n) is 6.25. The molecule has 0 aliphatic carbocycles. The highest BCUT2D eigenvalue weighted by atomic mass is 16.5. The number of carbonyl (C=O) groups excluding carboxylic acids is 1. The molecule has 0 spiro atoms. The summed E-state index contributed by atoms with van der Waals surface area (Å²) in [6, 6.07) is 16.4. The van der Waals surface area contributed by atoms with E-state index in [9.17, 15) is 4.79 Å². The molecule has 0 atom stereocenters. The van der Waals surface area contributed by atoms with Crippen LogP contribution >= 0.6 is 0 Å². The van der Waals surface area contributed by atoms with Crippen LogP contribution < -0.4 is 10.1 Å². The van der Waals surface area contributed by atoms with Gasteiger partial charge in [0.2, 0.25) is 5.91 Å². The fourth-order valence-corrected chi connectivity index (χ4v) is 2.49. The van der Waals surface area contributed by atoms with Crippen molar-refractivity contribution in [1.29, 1.82) is 0 Å². The topological polar surface area (TPSA) is 38.3 Å². The van der Waals surface area contributed by atoms with Gasteiger partial charge < -0.3 is 10.1 Å². The summed E-state index contributed by atoms with van der Waals surface area (Å²) in [5.74, 6) is 1.48. The zero-order valence-corrected chi connectivity index (χ0v) is 14.8. The maximum Gasteiger partial charge on any atom is 0.220 e. The van der Waals surface area contributed by atoms with Crippen LogP contribution in [0.3, 0.4) is 0 Å². The molecule has 1 amide bonds. The average molecular weight is 325 g/mol. The fraction of sp³-hybridized carbons (Fsp3) is 0.381. The van der Waals surface area contributed by atoms with Gasteiger partial charge in [0.05, 0.1) is 6.61 Å². The predicted molar refractivity (Wildman–Crippen MR) is 98.3 cm³/mol. The number of hydrogen-bond donors (Lipinski definition) is 1. The van der Waals surface area contributed by atoms with Gasteiger partial charge in [0.15, 0.2) is 0 Å². The lowest BCUT2D eigenvalue weighted by atomic mass is 10.0. The summed E-state index contributed by atoms with van der Waals surface area (Å²) in [4.78, 5) is 12.0. The Morgan fingerprint density at radius 1 is 1.00 bits per heavy atom. The molecule has 0 fully saturated rings. The van der Waals surface area contributed by atoms with Crippen LogP contribution in [-0.2, 0) is 17.8 Å². The van der Waals surface area contributed by atoms with Crippen molar-refractivity contribution in [2.75, 3.05) is 6.61 Å². The van der Waals surface area contributed by atoms with E-state index in [0.717, 1.165) is 17.7 Å². The number of ether oxygens (including phenoxy) is 1. The summed E-state index contributed by atoms with van der Waals surface area (Å²) in [7, 11) is 0. The number of carbonyl (C=O) groups is 1. The Balaban J connectivity index is 1.74. The molecule has 0 aliphatic rings. The van der Waals surface area contributed by atoms with Crippen molar-refractivity contribution in [2.24, 2.45) is 0 Å². The summed E-state index contributed by atoms with van der Waals surface area (Å²) in [6.45, 7) is 7.54. The molecule has 0 bridgehead atoms. The minimum absolute atomic E-state index is 0.0804. The van der Waals surface area contributed by atoms with Gasteiger partial charge in [-0.05, 0) is 48.1 Å². The molecule has 0 aliphatic heterocycles. The van der Waals surface area contributed by atoms with Gasteiger partial charge in [0, 0.05) is 13.0 Å². The van der Waals surface area contributed by atoms with Crippen LogP contribution in [-0.4, -0.2) is 12.5 Å². The number of benzene rings is 2. The van der Waals surface area contributed by atoms with Crippen LogP contribution in [0.1, 0.15) is 49.8 Å². The summed E-state index contributed by atoms with van der Waals surface area (Å²) in [6.07, 6.45) is 1.28. The van der Waals surface area contributed by atoms with Crippen LogP contribution in [0.5, 0.6) is 5.75 Å². The van der Waals surface area contributed by atoms with E-state index in [1.165, 1.54) is 11.1 Å². The fourth-order valence-electron chi connectivity index (χ4n) is 2.49. The molecule has 0 heterocycles. The number of nitrogens with one attached hydrogen (secondary N) is 1. The van der Waals surface area contributed by atoms with E-state index >= 15 is 0 Å². The first-order valence-electron chi connectivity index (χ1n) is 8.65. The van der Waals surface area contributed by atoms with Crippen LogP contribution in [0.15, 0.2) is 48.5 Å². The van der Waals surface area contributed by atoms with Crippen molar-refractivity contribution < 1.29 is 9.53 Å². The highest BCUT2D eigenvalue weighted by Crippen LogP contribution is 2.15. The van der Waals surface area contributed by atoms with Gasteiger partial charge in [-0.15, -0.1) is 0 Å². The molecule has 2 rings (SSSR count). The third-order valence-corrected chi connectivity index (χ3v) is 4.01. The highest BCUT2D eigenvalue weighted by Gasteiger charge is 2.04. The van der Waals surface area contributed by atoms with E-state index in [1.54, 1.807) is 0 Å². The lowest BCUT2D eigenvalue weighted by molar-refractivity contribution is -0.121. The Morgan fingerprint density at radius 2 is 1.62 bits per heavy atom. The predicted octanol–water partition coefficient (Wildman–Crippen LogP) is 4.46. The minimum Gasteiger partial charge on any atom is -0.494 e. The standard InChI is InChI=1S/C21H27NO2/c1-4-24-20-12-7-18(8-13-20)15-22-21(23)14-9-17-5-10-19(11-6-17)16(2)3/h5-8,10-13,16H,4,9,14-15H2,1-3H3,(H,22,23). The summed E-state index contributed by atoms with van der Waals surface area (Å²) >= 11 is 0. The van der Waals surface area contributed by atoms with Gasteiger partial charge in [0.1, 0.15) is 5.75 Å². The molecule has 3 heteroatoms. The normalized spacial score (nSPS) is 10.7. The molecule has 1 N–H and O–H groups in total. The maximum atomic E-state index is 12.0. The van der Waals surface area contributed by atoms with Crippen LogP contribution in [0, 0.1) is 0 Å². The van der Waals surface area contributed by atoms with Gasteiger partial charge in [-0.25, -0.2) is 0 Å². The molecule has 2 aromatic carbocycles. The second kappa shape index (κ2) is 9.11. The highest BCUT2D eigenvalue weighted by molar-refractivity contribution is 5.76. The van der Waals surface area contributed by atoms with Crippen LogP contribution in [0.4, 0.5) is 0 Å². The van der Waals surface area contributed by atoms with Crippen molar-refractivity contribution in [2.45, 2.75) is 46.1 Å². The third kappa shape index (κ3) is 5.73. The van der Waals surface area contributed by atoms with E-state index in [4.69, 9.17) is 4.74 Å². The van der Waals surface area contributed by atoms with Gasteiger partial charge in [-0.2, -0.15) is 0 Å². The van der Waals surface area contributed by atoms with Crippen molar-refractivity contribution in [3.63, 3.8) is 0 Å². The number of aryl methyl sites for hydroxylation is 1. The Morgan fingerprint density at radius 3 is 2.21 bits per heavy atom. The molecular formula is C21H27NO2. The molecule has 2 aromatic rings. The van der Waals surface area contributed by atoms with Crippen molar-refractivity contribution >= 4 is 5.91 Å². The molecule has 0 unspecified atom stereocenters. The van der Waals surface area contributed by atoms with E-state index in [1.807, 2.05) is 31.2 Å². The van der Waals surface area contributed by atoms with E-state index in [-0.39, 0.29) is 5.91 Å². The van der Waals surface area contributed by atoms with E-state index in [0.29, 0.717) is 25.5 Å². The van der Waals surface area contributed by atoms with Crippen molar-refractivity contribution in [3.05, 3.63) is 65.2 Å². The molecule has 0 aromatic heterocycles. The lowest BCUT2D eigenvalue weighted by Gasteiger charge is -2.08. The Kier molecular flexibility index (Phi) is 6.86. The van der Waals surface area contributed by atoms with E-state index < -0.39 is 0 Å². The Labute approximate surface area is 145 Å².